The van der Waals surface area contributed by atoms with Crippen molar-refractivity contribution in [1.29, 1.82) is 0 Å². The number of anilines is 1. The number of aldehydes is 1. The van der Waals surface area contributed by atoms with Gasteiger partial charge in [0.05, 0.1) is 14.2 Å². The van der Waals surface area contributed by atoms with E-state index in [0.29, 0.717) is 0 Å². The van der Waals surface area contributed by atoms with Gasteiger partial charge < -0.3 is 19.6 Å². The first kappa shape index (κ1) is 22.5. The van der Waals surface area contributed by atoms with Crippen LogP contribution in [0.2, 0.25) is 0 Å². The summed E-state index contributed by atoms with van der Waals surface area (Å²) in [6, 6.07) is 10.3. The lowest BCUT2D eigenvalue weighted by Crippen LogP contribution is -1.95. The van der Waals surface area contributed by atoms with E-state index in [1.54, 1.807) is 14.2 Å². The van der Waals surface area contributed by atoms with Gasteiger partial charge in [-0.15, -0.1) is 0 Å². The lowest BCUT2D eigenvalue weighted by Gasteiger charge is -2.10. The zero-order chi connectivity index (χ0) is 19.4. The van der Waals surface area contributed by atoms with Crippen molar-refractivity contribution in [3.05, 3.63) is 52.6 Å². The smallest absolute Gasteiger partial charge is 0.122 e. The molecule has 2 aromatic rings. The Labute approximate surface area is 152 Å². The van der Waals surface area contributed by atoms with Crippen molar-refractivity contribution in [2.75, 3.05) is 26.6 Å². The number of hydrogen-bond acceptors (Lipinski definition) is 4. The molecular formula is C21H31NO3. The average Bonchev–Trinajstić information content (AvgIpc) is 2.59. The number of rotatable bonds is 3. The summed E-state index contributed by atoms with van der Waals surface area (Å²) in [5, 5.41) is 3.13. The molecule has 0 unspecified atom stereocenters. The first-order valence-electron chi connectivity index (χ1n) is 8.18. The topological polar surface area (TPSA) is 47.6 Å². The maximum absolute atomic E-state index is 8.81. The molecule has 0 atom stereocenters. The highest BCUT2D eigenvalue weighted by molar-refractivity contribution is 5.56. The van der Waals surface area contributed by atoms with Crippen LogP contribution >= 0.6 is 0 Å². The number of nitrogens with one attached hydrogen (secondary N) is 1. The predicted molar refractivity (Wildman–Crippen MR) is 106 cm³/mol. The fourth-order valence-corrected chi connectivity index (χ4v) is 2.21. The van der Waals surface area contributed by atoms with E-state index in [2.05, 4.69) is 37.4 Å². The molecule has 1 N–H and O–H groups in total. The molecule has 0 aliphatic carbocycles. The van der Waals surface area contributed by atoms with Gasteiger partial charge in [-0.05, 0) is 75.1 Å². The minimum Gasteiger partial charge on any atom is -0.496 e. The second-order valence-corrected chi connectivity index (χ2v) is 5.60. The Balaban J connectivity index is 0.000000403. The van der Waals surface area contributed by atoms with Crippen molar-refractivity contribution in [3.63, 3.8) is 0 Å². The van der Waals surface area contributed by atoms with Gasteiger partial charge in [0, 0.05) is 12.7 Å². The fourth-order valence-electron chi connectivity index (χ4n) is 2.21. The Morgan fingerprint density at radius 3 is 1.80 bits per heavy atom. The van der Waals surface area contributed by atoms with E-state index in [4.69, 9.17) is 14.3 Å². The molecule has 0 fully saturated rings. The standard InChI is InChI=1S/C10H15NO.C9H12O.C2H4O/c1-7-6-10(12-4)8(2)5-9(7)11-3;1-7-4-5-8(2)9(6-7)10-3;1-2-3/h5-6,11H,1-4H3;4-6H,1-3H3;2H,1H3. The van der Waals surface area contributed by atoms with E-state index < -0.39 is 0 Å². The van der Waals surface area contributed by atoms with Crippen LogP contribution in [0, 0.1) is 27.7 Å². The van der Waals surface area contributed by atoms with Gasteiger partial charge in [0.25, 0.3) is 0 Å². The van der Waals surface area contributed by atoms with E-state index in [9.17, 15) is 0 Å². The number of carbonyl (C=O) groups excluding carboxylic acids is 1. The summed E-state index contributed by atoms with van der Waals surface area (Å²) in [4.78, 5) is 8.81. The summed E-state index contributed by atoms with van der Waals surface area (Å²) in [5.41, 5.74) is 5.95. The third-order valence-corrected chi connectivity index (χ3v) is 3.57. The van der Waals surface area contributed by atoms with Gasteiger partial charge in [0.15, 0.2) is 0 Å². The molecule has 138 valence electrons. The molecule has 0 aromatic heterocycles. The van der Waals surface area contributed by atoms with Gasteiger partial charge in [-0.25, -0.2) is 0 Å². The Kier molecular flexibility index (Phi) is 10.8. The Hall–Kier alpha value is -2.49. The van der Waals surface area contributed by atoms with Crippen molar-refractivity contribution in [2.24, 2.45) is 0 Å². The van der Waals surface area contributed by atoms with Gasteiger partial charge in [-0.1, -0.05) is 12.1 Å². The summed E-state index contributed by atoms with van der Waals surface area (Å²) < 4.78 is 10.3. The van der Waals surface area contributed by atoms with E-state index in [0.717, 1.165) is 29.0 Å². The van der Waals surface area contributed by atoms with Crippen LogP contribution < -0.4 is 14.8 Å². The van der Waals surface area contributed by atoms with Crippen LogP contribution in [0.5, 0.6) is 11.5 Å². The summed E-state index contributed by atoms with van der Waals surface area (Å²) in [5.74, 6) is 1.92. The van der Waals surface area contributed by atoms with E-state index in [-0.39, 0.29) is 0 Å². The minimum atomic E-state index is 0.750. The SMILES string of the molecule is CC=O.CNc1cc(C)c(OC)cc1C.COc1cc(C)ccc1C. The van der Waals surface area contributed by atoms with Crippen LogP contribution in [0.15, 0.2) is 30.3 Å². The third-order valence-electron chi connectivity index (χ3n) is 3.57. The number of benzene rings is 2. The molecular weight excluding hydrogens is 314 g/mol. The number of methoxy groups -OCH3 is 2. The zero-order valence-electron chi connectivity index (χ0n) is 16.7. The molecule has 4 heteroatoms. The van der Waals surface area contributed by atoms with Crippen LogP contribution in [0.25, 0.3) is 0 Å². The van der Waals surface area contributed by atoms with Crippen LogP contribution in [-0.4, -0.2) is 27.6 Å². The van der Waals surface area contributed by atoms with Crippen molar-refractivity contribution in [1.82, 2.24) is 0 Å². The summed E-state index contributed by atoms with van der Waals surface area (Å²) in [7, 11) is 5.32. The van der Waals surface area contributed by atoms with Crippen LogP contribution in [0.4, 0.5) is 5.69 Å². The molecule has 2 aromatic carbocycles. The third kappa shape index (κ3) is 7.75. The normalized spacial score (nSPS) is 8.96. The molecule has 0 aliphatic heterocycles. The highest BCUT2D eigenvalue weighted by atomic mass is 16.5. The Morgan fingerprint density at radius 2 is 1.36 bits per heavy atom. The molecule has 2 rings (SSSR count). The van der Waals surface area contributed by atoms with Crippen LogP contribution in [0.1, 0.15) is 29.2 Å². The second-order valence-electron chi connectivity index (χ2n) is 5.60. The lowest BCUT2D eigenvalue weighted by atomic mass is 10.1. The van der Waals surface area contributed by atoms with E-state index in [1.165, 1.54) is 23.6 Å². The molecule has 0 aliphatic rings. The van der Waals surface area contributed by atoms with Crippen LogP contribution in [-0.2, 0) is 4.79 Å². The van der Waals surface area contributed by atoms with Crippen molar-refractivity contribution < 1.29 is 14.3 Å². The maximum Gasteiger partial charge on any atom is 0.122 e. The van der Waals surface area contributed by atoms with E-state index in [1.807, 2.05) is 33.0 Å². The number of hydrogen-bond donors (Lipinski definition) is 1. The van der Waals surface area contributed by atoms with E-state index >= 15 is 0 Å². The number of ether oxygens (including phenoxy) is 2. The zero-order valence-corrected chi connectivity index (χ0v) is 16.7. The van der Waals surface area contributed by atoms with Gasteiger partial charge in [0.1, 0.15) is 17.8 Å². The molecule has 0 spiro atoms. The summed E-state index contributed by atoms with van der Waals surface area (Å²) in [6.07, 6.45) is 0.750. The monoisotopic (exact) mass is 345 g/mol. The van der Waals surface area contributed by atoms with Crippen LogP contribution in [0.3, 0.4) is 0 Å². The highest BCUT2D eigenvalue weighted by Gasteiger charge is 2.02. The van der Waals surface area contributed by atoms with Gasteiger partial charge in [-0.3, -0.25) is 0 Å². The fraction of sp³-hybridized carbons (Fsp3) is 0.381. The largest absolute Gasteiger partial charge is 0.496 e. The van der Waals surface area contributed by atoms with Gasteiger partial charge in [0.2, 0.25) is 0 Å². The molecule has 0 radical (unpaired) electrons. The number of carbonyl (C=O) groups is 1. The summed E-state index contributed by atoms with van der Waals surface area (Å²) in [6.45, 7) is 9.65. The number of aryl methyl sites for hydroxylation is 4. The molecule has 0 bridgehead atoms. The first-order chi connectivity index (χ1) is 11.8. The first-order valence-corrected chi connectivity index (χ1v) is 8.18. The second kappa shape index (κ2) is 12.0. The average molecular weight is 345 g/mol. The minimum absolute atomic E-state index is 0.750. The molecule has 0 saturated carbocycles. The Bertz CT molecular complexity index is 637. The predicted octanol–water partition coefficient (Wildman–Crippen LogP) is 4.87. The van der Waals surface area contributed by atoms with Crippen molar-refractivity contribution in [2.45, 2.75) is 34.6 Å². The Morgan fingerprint density at radius 1 is 0.840 bits per heavy atom. The summed E-state index contributed by atoms with van der Waals surface area (Å²) >= 11 is 0. The quantitative estimate of drug-likeness (QED) is 0.806. The van der Waals surface area contributed by atoms with Gasteiger partial charge >= 0.3 is 0 Å². The molecule has 0 saturated heterocycles. The van der Waals surface area contributed by atoms with Crippen molar-refractivity contribution in [3.8, 4) is 11.5 Å². The molecule has 25 heavy (non-hydrogen) atoms. The molecule has 0 heterocycles. The van der Waals surface area contributed by atoms with Crippen molar-refractivity contribution >= 4 is 12.0 Å². The van der Waals surface area contributed by atoms with Gasteiger partial charge in [-0.2, -0.15) is 0 Å². The lowest BCUT2D eigenvalue weighted by molar-refractivity contribution is -0.106. The molecule has 4 nitrogen and oxygen atoms in total. The molecule has 0 amide bonds. The maximum atomic E-state index is 8.81. The highest BCUT2D eigenvalue weighted by Crippen LogP contribution is 2.25.